The van der Waals surface area contributed by atoms with Gasteiger partial charge in [-0.05, 0) is 25.0 Å². The van der Waals surface area contributed by atoms with Gasteiger partial charge in [0, 0.05) is 18.2 Å². The van der Waals surface area contributed by atoms with Gasteiger partial charge in [0.2, 0.25) is 17.5 Å². The quantitative estimate of drug-likeness (QED) is 0.651. The number of anilines is 1. The molecule has 2 aromatic rings. The Morgan fingerprint density at radius 2 is 2.12 bits per heavy atom. The third-order valence-electron chi connectivity index (χ3n) is 3.05. The Labute approximate surface area is 151 Å². The van der Waals surface area contributed by atoms with Crippen molar-refractivity contribution < 1.29 is 23.0 Å². The zero-order chi connectivity index (χ0) is 18.4. The van der Waals surface area contributed by atoms with Crippen molar-refractivity contribution in [3.8, 4) is 23.3 Å². The Bertz CT molecular complexity index is 778. The van der Waals surface area contributed by atoms with Gasteiger partial charge >= 0.3 is 6.61 Å². The Kier molecular flexibility index (Phi) is 6.82. The zero-order valence-electron chi connectivity index (χ0n) is 12.7. The third kappa shape index (κ3) is 4.95. The maximum Gasteiger partial charge on any atom is 0.387 e. The van der Waals surface area contributed by atoms with Crippen molar-refractivity contribution in [3.05, 3.63) is 27.9 Å². The van der Waals surface area contributed by atoms with Gasteiger partial charge in [-0.1, -0.05) is 23.2 Å². The van der Waals surface area contributed by atoms with Crippen molar-refractivity contribution in [2.45, 2.75) is 19.5 Å². The lowest BCUT2D eigenvalue weighted by molar-refractivity contribution is -0.0494. The van der Waals surface area contributed by atoms with Crippen LogP contribution in [-0.4, -0.2) is 29.9 Å². The molecule has 0 spiro atoms. The van der Waals surface area contributed by atoms with Crippen molar-refractivity contribution in [1.29, 1.82) is 5.26 Å². The normalized spacial score (nSPS) is 10.8. The molecular weight excluding hydrogens is 379 g/mol. The molecule has 6 nitrogen and oxygen atoms in total. The average Bonchev–Trinajstić information content (AvgIpc) is 2.96. The molecule has 0 atom stereocenters. The van der Waals surface area contributed by atoms with Gasteiger partial charge in [-0.2, -0.15) is 19.0 Å². The second-order valence-electron chi connectivity index (χ2n) is 4.81. The van der Waals surface area contributed by atoms with Crippen LogP contribution in [-0.2, 0) is 0 Å². The van der Waals surface area contributed by atoms with Crippen molar-refractivity contribution in [1.82, 2.24) is 4.98 Å². The largest absolute Gasteiger partial charge is 0.432 e. The molecule has 0 aliphatic heterocycles. The highest BCUT2D eigenvalue weighted by Gasteiger charge is 2.22. The Balaban J connectivity index is 2.38. The molecule has 0 saturated carbocycles. The number of unbranched alkanes of at least 4 members (excludes halogenated alkanes) is 1. The SMILES string of the molecule is N#Cc1nc(-c2cc(Cl)cc(Cl)c2OC(F)F)oc1NCCCCO. The summed E-state index contributed by atoms with van der Waals surface area (Å²) >= 11 is 11.8. The minimum absolute atomic E-state index is 0.00212. The highest BCUT2D eigenvalue weighted by atomic mass is 35.5. The van der Waals surface area contributed by atoms with Crippen LogP contribution in [0.5, 0.6) is 5.75 Å². The van der Waals surface area contributed by atoms with Crippen molar-refractivity contribution in [2.75, 3.05) is 18.5 Å². The number of aromatic nitrogens is 1. The standard InChI is InChI=1S/C15H13Cl2F2N3O3/c16-8-5-9(12(10(17)6-8)24-15(18)19)13-22-11(7-20)14(25-13)21-3-1-2-4-23/h5-6,15,21,23H,1-4H2. The number of ether oxygens (including phenoxy) is 1. The summed E-state index contributed by atoms with van der Waals surface area (Å²) in [5.41, 5.74) is -0.0594. The fourth-order valence-electron chi connectivity index (χ4n) is 2.00. The van der Waals surface area contributed by atoms with Crippen molar-refractivity contribution >= 4 is 29.1 Å². The minimum atomic E-state index is -3.11. The average molecular weight is 392 g/mol. The molecule has 0 bridgehead atoms. The number of aliphatic hydroxyl groups excluding tert-OH is 1. The molecule has 2 rings (SSSR count). The number of rotatable bonds is 8. The maximum absolute atomic E-state index is 12.6. The van der Waals surface area contributed by atoms with E-state index >= 15 is 0 Å². The van der Waals surface area contributed by atoms with Crippen LogP contribution in [0.25, 0.3) is 11.5 Å². The number of alkyl halides is 2. The number of nitriles is 1. The van der Waals surface area contributed by atoms with E-state index in [1.165, 1.54) is 12.1 Å². The minimum Gasteiger partial charge on any atom is -0.432 e. The second-order valence-corrected chi connectivity index (χ2v) is 5.65. The number of benzene rings is 1. The molecule has 25 heavy (non-hydrogen) atoms. The highest BCUT2D eigenvalue weighted by molar-refractivity contribution is 6.36. The molecule has 0 saturated heterocycles. The van der Waals surface area contributed by atoms with Gasteiger partial charge in [0.15, 0.2) is 5.75 Å². The third-order valence-corrected chi connectivity index (χ3v) is 3.55. The van der Waals surface area contributed by atoms with Crippen molar-refractivity contribution in [2.24, 2.45) is 0 Å². The number of nitrogens with one attached hydrogen (secondary N) is 1. The van der Waals surface area contributed by atoms with Gasteiger partial charge in [0.05, 0.1) is 10.6 Å². The molecule has 2 N–H and O–H groups in total. The first-order valence-corrected chi connectivity index (χ1v) is 7.91. The van der Waals surface area contributed by atoms with E-state index < -0.39 is 6.61 Å². The number of hydrogen-bond acceptors (Lipinski definition) is 6. The first-order valence-electron chi connectivity index (χ1n) is 7.16. The first-order chi connectivity index (χ1) is 12.0. The van der Waals surface area contributed by atoms with Crippen LogP contribution >= 0.6 is 23.2 Å². The number of nitrogens with zero attached hydrogens (tertiary/aromatic N) is 2. The van der Waals surface area contributed by atoms with E-state index in [0.717, 1.165) is 0 Å². The number of halogens is 4. The summed E-state index contributed by atoms with van der Waals surface area (Å²) in [6.07, 6.45) is 1.21. The highest BCUT2D eigenvalue weighted by Crippen LogP contribution is 2.40. The van der Waals surface area contributed by atoms with E-state index in [0.29, 0.717) is 19.4 Å². The van der Waals surface area contributed by atoms with E-state index in [2.05, 4.69) is 15.0 Å². The second kappa shape index (κ2) is 8.85. The predicted octanol–water partition coefficient (Wildman–Crippen LogP) is 4.31. The van der Waals surface area contributed by atoms with Crippen LogP contribution in [0.15, 0.2) is 16.5 Å². The summed E-state index contributed by atoms with van der Waals surface area (Å²) in [6, 6.07) is 4.39. The summed E-state index contributed by atoms with van der Waals surface area (Å²) in [6.45, 7) is -2.64. The smallest absolute Gasteiger partial charge is 0.387 e. The first kappa shape index (κ1) is 19.2. The van der Waals surface area contributed by atoms with Gasteiger partial charge in [-0.25, -0.2) is 0 Å². The van der Waals surface area contributed by atoms with Crippen LogP contribution in [0.4, 0.5) is 14.7 Å². The summed E-state index contributed by atoms with van der Waals surface area (Å²) < 4.78 is 35.2. The van der Waals surface area contributed by atoms with E-state index in [9.17, 15) is 8.78 Å². The summed E-state index contributed by atoms with van der Waals surface area (Å²) in [4.78, 5) is 3.97. The van der Waals surface area contributed by atoms with Gasteiger partial charge < -0.3 is 19.6 Å². The van der Waals surface area contributed by atoms with Gasteiger partial charge in [-0.3, -0.25) is 0 Å². The molecule has 0 radical (unpaired) electrons. The van der Waals surface area contributed by atoms with Crippen LogP contribution < -0.4 is 10.1 Å². The predicted molar refractivity (Wildman–Crippen MR) is 88.1 cm³/mol. The zero-order valence-corrected chi connectivity index (χ0v) is 14.2. The van der Waals surface area contributed by atoms with Crippen LogP contribution in [0.2, 0.25) is 10.0 Å². The Morgan fingerprint density at radius 3 is 2.76 bits per heavy atom. The molecule has 10 heteroatoms. The van der Waals surface area contributed by atoms with Crippen LogP contribution in [0, 0.1) is 11.3 Å². The number of hydrogen-bond donors (Lipinski definition) is 2. The molecule has 0 unspecified atom stereocenters. The lowest BCUT2D eigenvalue weighted by atomic mass is 10.2. The van der Waals surface area contributed by atoms with Crippen LogP contribution in [0.1, 0.15) is 18.5 Å². The monoisotopic (exact) mass is 391 g/mol. The molecule has 0 aliphatic carbocycles. The molecule has 0 amide bonds. The summed E-state index contributed by atoms with van der Waals surface area (Å²) in [5.74, 6) is -0.408. The molecular formula is C15H13Cl2F2N3O3. The summed E-state index contributed by atoms with van der Waals surface area (Å²) in [7, 11) is 0. The fraction of sp³-hybridized carbons (Fsp3) is 0.333. The molecule has 1 aromatic carbocycles. The van der Waals surface area contributed by atoms with E-state index in [-0.39, 0.29) is 45.4 Å². The lowest BCUT2D eigenvalue weighted by Crippen LogP contribution is -2.04. The molecule has 134 valence electrons. The van der Waals surface area contributed by atoms with Gasteiger partial charge in [0.1, 0.15) is 6.07 Å². The Hall–Kier alpha value is -2.08. The molecule has 0 fully saturated rings. The van der Waals surface area contributed by atoms with Gasteiger partial charge in [-0.15, -0.1) is 0 Å². The molecule has 1 heterocycles. The molecule has 1 aromatic heterocycles. The van der Waals surface area contributed by atoms with Crippen LogP contribution in [0.3, 0.4) is 0 Å². The lowest BCUT2D eigenvalue weighted by Gasteiger charge is -2.10. The number of aliphatic hydroxyl groups is 1. The maximum atomic E-state index is 12.6. The fourth-order valence-corrected chi connectivity index (χ4v) is 2.54. The van der Waals surface area contributed by atoms with Crippen molar-refractivity contribution in [3.63, 3.8) is 0 Å². The van der Waals surface area contributed by atoms with Gasteiger partial charge in [0.25, 0.3) is 0 Å². The summed E-state index contributed by atoms with van der Waals surface area (Å²) in [5, 5.41) is 20.8. The topological polar surface area (TPSA) is 91.3 Å². The Morgan fingerprint density at radius 1 is 1.36 bits per heavy atom. The van der Waals surface area contributed by atoms with E-state index in [4.69, 9.17) is 38.0 Å². The van der Waals surface area contributed by atoms with E-state index in [1.54, 1.807) is 0 Å². The van der Waals surface area contributed by atoms with E-state index in [1.807, 2.05) is 6.07 Å². The number of oxazole rings is 1. The molecule has 0 aliphatic rings.